The number of unbranched alkanes of at least 4 members (excludes halogenated alkanes) is 6. The fourth-order valence-electron chi connectivity index (χ4n) is 2.97. The van der Waals surface area contributed by atoms with Gasteiger partial charge in [-0.1, -0.05) is 91.7 Å². The fraction of sp³-hybridized carbons (Fsp3) is 0.682. The first-order valence-electron chi connectivity index (χ1n) is 10.0. The summed E-state index contributed by atoms with van der Waals surface area (Å²) in [6, 6.07) is 9.62. The average Bonchev–Trinajstić information content (AvgIpc) is 2.65. The van der Waals surface area contributed by atoms with Crippen LogP contribution in [-0.4, -0.2) is 23.8 Å². The average molecular weight is 411 g/mol. The van der Waals surface area contributed by atoms with E-state index in [4.69, 9.17) is 4.74 Å². The third-order valence-electron chi connectivity index (χ3n) is 4.55. The van der Waals surface area contributed by atoms with Gasteiger partial charge in [0.15, 0.2) is 5.78 Å². The zero-order valence-electron chi connectivity index (χ0n) is 15.9. The summed E-state index contributed by atoms with van der Waals surface area (Å²) in [5.74, 6) is 0.234. The maximum absolute atomic E-state index is 12.3. The number of ether oxygens (including phenoxy) is 1. The molecule has 2 nitrogen and oxygen atoms in total. The van der Waals surface area contributed by atoms with Crippen molar-refractivity contribution in [3.63, 3.8) is 0 Å². The number of carbonyl (C=O) groups is 1. The zero-order chi connectivity index (χ0) is 18.2. The van der Waals surface area contributed by atoms with E-state index < -0.39 is 0 Å². The minimum atomic E-state index is 0.231. The lowest BCUT2D eigenvalue weighted by Crippen LogP contribution is -2.16. The van der Waals surface area contributed by atoms with Crippen LogP contribution in [0.3, 0.4) is 0 Å². The Kier molecular flexibility index (Phi) is 13.9. The minimum Gasteiger partial charge on any atom is -0.378 e. The molecule has 0 bridgehead atoms. The van der Waals surface area contributed by atoms with Gasteiger partial charge in [0.1, 0.15) is 0 Å². The van der Waals surface area contributed by atoms with Crippen LogP contribution >= 0.6 is 15.9 Å². The van der Waals surface area contributed by atoms with Crippen molar-refractivity contribution in [1.82, 2.24) is 0 Å². The van der Waals surface area contributed by atoms with Crippen LogP contribution in [0, 0.1) is 0 Å². The summed E-state index contributed by atoms with van der Waals surface area (Å²) >= 11 is 3.46. The lowest BCUT2D eigenvalue weighted by Gasteiger charge is -2.18. The van der Waals surface area contributed by atoms with E-state index in [1.807, 2.05) is 30.3 Å². The molecule has 142 valence electrons. The number of rotatable bonds is 16. The molecular weight excluding hydrogens is 376 g/mol. The van der Waals surface area contributed by atoms with Crippen molar-refractivity contribution in [2.45, 2.75) is 83.7 Å². The molecule has 25 heavy (non-hydrogen) atoms. The van der Waals surface area contributed by atoms with E-state index in [2.05, 4.69) is 22.9 Å². The third-order valence-corrected chi connectivity index (χ3v) is 5.11. The lowest BCUT2D eigenvalue weighted by atomic mass is 10.0. The molecule has 1 unspecified atom stereocenters. The van der Waals surface area contributed by atoms with Crippen molar-refractivity contribution in [1.29, 1.82) is 0 Å². The van der Waals surface area contributed by atoms with Crippen LogP contribution in [0.5, 0.6) is 0 Å². The highest BCUT2D eigenvalue weighted by Gasteiger charge is 2.13. The van der Waals surface area contributed by atoms with Gasteiger partial charge >= 0.3 is 0 Å². The largest absolute Gasteiger partial charge is 0.378 e. The molecule has 0 N–H and O–H groups in total. The Bertz CT molecular complexity index is 433. The highest BCUT2D eigenvalue weighted by atomic mass is 79.9. The predicted molar refractivity (Wildman–Crippen MR) is 111 cm³/mol. The number of Topliss-reactive ketones (excluding diaryl/α,β-unsaturated/α-hetero) is 1. The molecule has 0 aliphatic rings. The maximum atomic E-state index is 12.3. The van der Waals surface area contributed by atoms with Gasteiger partial charge in [0, 0.05) is 23.9 Å². The number of hydrogen-bond acceptors (Lipinski definition) is 2. The molecule has 1 aromatic carbocycles. The molecule has 1 rings (SSSR count). The topological polar surface area (TPSA) is 26.3 Å². The Morgan fingerprint density at radius 2 is 1.68 bits per heavy atom. The van der Waals surface area contributed by atoms with Crippen molar-refractivity contribution >= 4 is 21.7 Å². The quantitative estimate of drug-likeness (QED) is 0.167. The third kappa shape index (κ3) is 11.5. The molecule has 1 aromatic rings. The second-order valence-corrected chi connectivity index (χ2v) is 7.57. The van der Waals surface area contributed by atoms with Gasteiger partial charge in [-0.2, -0.15) is 0 Å². The van der Waals surface area contributed by atoms with E-state index in [0.29, 0.717) is 6.42 Å². The Balaban J connectivity index is 2.32. The van der Waals surface area contributed by atoms with Gasteiger partial charge in [0.05, 0.1) is 6.10 Å². The highest BCUT2D eigenvalue weighted by Crippen LogP contribution is 2.16. The summed E-state index contributed by atoms with van der Waals surface area (Å²) in [5.41, 5.74) is 0.820. The molecule has 0 aliphatic carbocycles. The monoisotopic (exact) mass is 410 g/mol. The molecule has 1 atom stereocenters. The SMILES string of the molecule is CCCCCCCCC(CCC(=O)c1ccccc1)OCCCCBr. The van der Waals surface area contributed by atoms with E-state index >= 15 is 0 Å². The second kappa shape index (κ2) is 15.6. The first-order chi connectivity index (χ1) is 12.3. The number of benzene rings is 1. The Hall–Kier alpha value is -0.670. The Labute approximate surface area is 162 Å². The number of carbonyl (C=O) groups excluding carboxylic acids is 1. The Morgan fingerprint density at radius 3 is 2.40 bits per heavy atom. The van der Waals surface area contributed by atoms with Gasteiger partial charge < -0.3 is 4.74 Å². The van der Waals surface area contributed by atoms with Crippen LogP contribution in [-0.2, 0) is 4.74 Å². The van der Waals surface area contributed by atoms with Gasteiger partial charge in [-0.25, -0.2) is 0 Å². The minimum absolute atomic E-state index is 0.231. The predicted octanol–water partition coefficient (Wildman–Crippen LogP) is 6.96. The molecule has 0 aromatic heterocycles. The summed E-state index contributed by atoms with van der Waals surface area (Å²) in [6.07, 6.45) is 12.8. The number of ketones is 1. The van der Waals surface area contributed by atoms with Crippen LogP contribution in [0.4, 0.5) is 0 Å². The summed E-state index contributed by atoms with van der Waals surface area (Å²) in [4.78, 5) is 12.3. The van der Waals surface area contributed by atoms with Crippen LogP contribution in [0.2, 0.25) is 0 Å². The molecule has 0 aliphatic heterocycles. The normalized spacial score (nSPS) is 12.2. The molecule has 0 fully saturated rings. The summed E-state index contributed by atoms with van der Waals surface area (Å²) in [5, 5.41) is 1.03. The van der Waals surface area contributed by atoms with Crippen LogP contribution < -0.4 is 0 Å². The van der Waals surface area contributed by atoms with Gasteiger partial charge in [-0.15, -0.1) is 0 Å². The van der Waals surface area contributed by atoms with E-state index in [9.17, 15) is 4.79 Å². The molecule has 0 saturated carbocycles. The summed E-state index contributed by atoms with van der Waals surface area (Å²) < 4.78 is 6.09. The zero-order valence-corrected chi connectivity index (χ0v) is 17.4. The van der Waals surface area contributed by atoms with E-state index in [1.165, 1.54) is 38.5 Å². The smallest absolute Gasteiger partial charge is 0.162 e. The van der Waals surface area contributed by atoms with Gasteiger partial charge in [-0.05, 0) is 25.7 Å². The van der Waals surface area contributed by atoms with Crippen LogP contribution in [0.15, 0.2) is 30.3 Å². The maximum Gasteiger partial charge on any atom is 0.162 e. The number of halogens is 1. The standard InChI is InChI=1S/C22H35BrO2/c1-2-3-4-5-6-10-15-21(25-19-12-11-18-23)16-17-22(24)20-13-8-7-9-14-20/h7-9,13-14,21H,2-6,10-12,15-19H2,1H3. The lowest BCUT2D eigenvalue weighted by molar-refractivity contribution is 0.0364. The van der Waals surface area contributed by atoms with Crippen molar-refractivity contribution in [2.24, 2.45) is 0 Å². The van der Waals surface area contributed by atoms with Crippen molar-refractivity contribution in [3.05, 3.63) is 35.9 Å². The van der Waals surface area contributed by atoms with Crippen molar-refractivity contribution < 1.29 is 9.53 Å². The van der Waals surface area contributed by atoms with Crippen LogP contribution in [0.25, 0.3) is 0 Å². The highest BCUT2D eigenvalue weighted by molar-refractivity contribution is 9.09. The summed E-state index contributed by atoms with van der Waals surface area (Å²) in [7, 11) is 0. The number of hydrogen-bond donors (Lipinski definition) is 0. The van der Waals surface area contributed by atoms with E-state index in [-0.39, 0.29) is 11.9 Å². The van der Waals surface area contributed by atoms with E-state index in [1.54, 1.807) is 0 Å². The van der Waals surface area contributed by atoms with E-state index in [0.717, 1.165) is 43.2 Å². The molecular formula is C22H35BrO2. The second-order valence-electron chi connectivity index (χ2n) is 6.77. The first kappa shape index (κ1) is 22.4. The fourth-order valence-corrected chi connectivity index (χ4v) is 3.37. The van der Waals surface area contributed by atoms with Crippen molar-refractivity contribution in [3.8, 4) is 0 Å². The molecule has 0 heterocycles. The van der Waals surface area contributed by atoms with Gasteiger partial charge in [0.2, 0.25) is 0 Å². The molecule has 0 amide bonds. The first-order valence-corrected chi connectivity index (χ1v) is 11.2. The molecule has 0 saturated heterocycles. The van der Waals surface area contributed by atoms with Crippen molar-refractivity contribution in [2.75, 3.05) is 11.9 Å². The number of alkyl halides is 1. The van der Waals surface area contributed by atoms with Gasteiger partial charge in [-0.3, -0.25) is 4.79 Å². The Morgan fingerprint density at radius 1 is 0.960 bits per heavy atom. The van der Waals surface area contributed by atoms with Gasteiger partial charge in [0.25, 0.3) is 0 Å². The molecule has 0 radical (unpaired) electrons. The summed E-state index contributed by atoms with van der Waals surface area (Å²) in [6.45, 7) is 3.06. The molecule has 0 spiro atoms. The molecule has 3 heteroatoms. The van der Waals surface area contributed by atoms with Crippen LogP contribution in [0.1, 0.15) is 87.9 Å².